The molecule has 5 heteroatoms. The Hall–Kier alpha value is -1.78. The van der Waals surface area contributed by atoms with Gasteiger partial charge in [0.25, 0.3) is 0 Å². The van der Waals surface area contributed by atoms with E-state index in [4.69, 9.17) is 5.73 Å². The minimum Gasteiger partial charge on any atom is -0.478 e. The van der Waals surface area contributed by atoms with Crippen LogP contribution in [-0.2, 0) is 0 Å². The highest BCUT2D eigenvalue weighted by Crippen LogP contribution is 2.35. The van der Waals surface area contributed by atoms with Crippen molar-refractivity contribution in [3.8, 4) is 0 Å². The minimum atomic E-state index is -1.18. The van der Waals surface area contributed by atoms with Crippen molar-refractivity contribution in [3.63, 3.8) is 0 Å². The second-order valence-electron chi connectivity index (χ2n) is 5.85. The first-order valence-corrected chi connectivity index (χ1v) is 6.38. The summed E-state index contributed by atoms with van der Waals surface area (Å²) in [6, 6.07) is 2.75. The number of anilines is 2. The zero-order valence-corrected chi connectivity index (χ0v) is 11.2. The highest BCUT2D eigenvalue weighted by molar-refractivity contribution is 6.00. The lowest BCUT2D eigenvalue weighted by molar-refractivity contribution is 0.0698. The van der Waals surface area contributed by atoms with Crippen molar-refractivity contribution in [2.75, 3.05) is 23.7 Å². The minimum absolute atomic E-state index is 0.122. The van der Waals surface area contributed by atoms with Crippen molar-refractivity contribution < 1.29 is 14.3 Å². The van der Waals surface area contributed by atoms with Crippen LogP contribution in [0.25, 0.3) is 0 Å². The molecule has 2 rings (SSSR count). The zero-order valence-electron chi connectivity index (χ0n) is 11.2. The highest BCUT2D eigenvalue weighted by Gasteiger charge is 2.29. The van der Waals surface area contributed by atoms with Crippen LogP contribution in [0.1, 0.15) is 37.0 Å². The average molecular weight is 266 g/mol. The van der Waals surface area contributed by atoms with Crippen LogP contribution in [-0.4, -0.2) is 24.2 Å². The third-order valence-corrected chi connectivity index (χ3v) is 3.63. The molecule has 1 aromatic rings. The third kappa shape index (κ3) is 2.64. The van der Waals surface area contributed by atoms with E-state index in [9.17, 15) is 14.3 Å². The van der Waals surface area contributed by atoms with E-state index in [1.807, 2.05) is 4.90 Å². The SMILES string of the molecule is CC1(C)CCCN(c2ccc(F)c(N)c2C(=O)O)C1. The Morgan fingerprint density at radius 3 is 2.74 bits per heavy atom. The van der Waals surface area contributed by atoms with Crippen LogP contribution < -0.4 is 10.6 Å². The van der Waals surface area contributed by atoms with Gasteiger partial charge >= 0.3 is 5.97 Å². The van der Waals surface area contributed by atoms with Gasteiger partial charge in [-0.1, -0.05) is 13.8 Å². The van der Waals surface area contributed by atoms with Gasteiger partial charge in [0, 0.05) is 13.1 Å². The fourth-order valence-corrected chi connectivity index (χ4v) is 2.70. The van der Waals surface area contributed by atoms with Gasteiger partial charge in [-0.05, 0) is 30.4 Å². The fraction of sp³-hybridized carbons (Fsp3) is 0.500. The van der Waals surface area contributed by atoms with Crippen molar-refractivity contribution in [2.24, 2.45) is 5.41 Å². The molecule has 0 radical (unpaired) electrons. The molecule has 1 saturated heterocycles. The van der Waals surface area contributed by atoms with Gasteiger partial charge in [-0.3, -0.25) is 0 Å². The number of nitrogen functional groups attached to an aromatic ring is 1. The topological polar surface area (TPSA) is 66.6 Å². The van der Waals surface area contributed by atoms with Crippen molar-refractivity contribution in [1.29, 1.82) is 0 Å². The van der Waals surface area contributed by atoms with E-state index < -0.39 is 11.8 Å². The molecule has 0 aromatic heterocycles. The first-order chi connectivity index (χ1) is 8.82. The quantitative estimate of drug-likeness (QED) is 0.808. The molecule has 1 aromatic carbocycles. The predicted molar refractivity (Wildman–Crippen MR) is 73.0 cm³/mol. The Morgan fingerprint density at radius 2 is 2.16 bits per heavy atom. The maximum absolute atomic E-state index is 13.4. The largest absolute Gasteiger partial charge is 0.478 e. The molecule has 0 spiro atoms. The Balaban J connectivity index is 2.45. The van der Waals surface area contributed by atoms with Crippen molar-refractivity contribution in [2.45, 2.75) is 26.7 Å². The third-order valence-electron chi connectivity index (χ3n) is 3.63. The van der Waals surface area contributed by atoms with Crippen molar-refractivity contribution in [3.05, 3.63) is 23.5 Å². The highest BCUT2D eigenvalue weighted by atomic mass is 19.1. The molecule has 104 valence electrons. The number of carboxylic acids is 1. The summed E-state index contributed by atoms with van der Waals surface area (Å²) >= 11 is 0. The molecular weight excluding hydrogens is 247 g/mol. The van der Waals surface area contributed by atoms with Gasteiger partial charge in [-0.15, -0.1) is 0 Å². The van der Waals surface area contributed by atoms with Crippen LogP contribution >= 0.6 is 0 Å². The molecule has 1 heterocycles. The molecule has 1 fully saturated rings. The summed E-state index contributed by atoms with van der Waals surface area (Å²) in [4.78, 5) is 13.3. The average Bonchev–Trinajstić information content (AvgIpc) is 2.30. The molecule has 0 amide bonds. The molecule has 1 aliphatic heterocycles. The number of nitrogens with two attached hydrogens (primary N) is 1. The van der Waals surface area contributed by atoms with Gasteiger partial charge in [0.1, 0.15) is 11.4 Å². The van der Waals surface area contributed by atoms with Crippen molar-refractivity contribution in [1.82, 2.24) is 0 Å². The first kappa shape index (κ1) is 13.6. The number of benzene rings is 1. The van der Waals surface area contributed by atoms with Gasteiger partial charge < -0.3 is 15.7 Å². The van der Waals surface area contributed by atoms with E-state index in [2.05, 4.69) is 13.8 Å². The number of hydrogen-bond acceptors (Lipinski definition) is 3. The number of nitrogens with zero attached hydrogens (tertiary/aromatic N) is 1. The molecular formula is C14H19FN2O2. The lowest BCUT2D eigenvalue weighted by Crippen LogP contribution is -2.40. The predicted octanol–water partition coefficient (Wildman–Crippen LogP) is 2.73. The first-order valence-electron chi connectivity index (χ1n) is 6.38. The van der Waals surface area contributed by atoms with E-state index in [0.717, 1.165) is 25.9 Å². The van der Waals surface area contributed by atoms with E-state index in [1.54, 1.807) is 0 Å². The molecule has 0 atom stereocenters. The maximum Gasteiger partial charge on any atom is 0.340 e. The Kier molecular flexibility index (Phi) is 3.39. The van der Waals surface area contributed by atoms with Crippen LogP contribution in [0.4, 0.5) is 15.8 Å². The number of rotatable bonds is 2. The molecule has 0 aliphatic carbocycles. The summed E-state index contributed by atoms with van der Waals surface area (Å²) in [5, 5.41) is 9.26. The summed E-state index contributed by atoms with van der Waals surface area (Å²) in [5.74, 6) is -1.87. The fourth-order valence-electron chi connectivity index (χ4n) is 2.70. The molecule has 4 nitrogen and oxygen atoms in total. The molecule has 0 bridgehead atoms. The van der Waals surface area contributed by atoms with Crippen LogP contribution in [0.2, 0.25) is 0 Å². The molecule has 19 heavy (non-hydrogen) atoms. The second kappa shape index (κ2) is 4.72. The monoisotopic (exact) mass is 266 g/mol. The number of carboxylic acid groups (broad SMARTS) is 1. The molecule has 1 aliphatic rings. The van der Waals surface area contributed by atoms with E-state index in [-0.39, 0.29) is 16.7 Å². The lowest BCUT2D eigenvalue weighted by atomic mass is 9.83. The zero-order chi connectivity index (χ0) is 14.2. The number of carbonyl (C=O) groups is 1. The van der Waals surface area contributed by atoms with Gasteiger partial charge in [-0.25, -0.2) is 9.18 Å². The van der Waals surface area contributed by atoms with Crippen molar-refractivity contribution >= 4 is 17.3 Å². The Morgan fingerprint density at radius 1 is 1.47 bits per heavy atom. The van der Waals surface area contributed by atoms with Gasteiger partial charge in [0.15, 0.2) is 0 Å². The van der Waals surface area contributed by atoms with Crippen LogP contribution in [0.5, 0.6) is 0 Å². The van der Waals surface area contributed by atoms with Gasteiger partial charge in [-0.2, -0.15) is 0 Å². The normalized spacial score (nSPS) is 18.4. The summed E-state index contributed by atoms with van der Waals surface area (Å²) in [6.07, 6.45) is 2.09. The Labute approximate surface area is 112 Å². The van der Waals surface area contributed by atoms with Crippen LogP contribution in [0.15, 0.2) is 12.1 Å². The summed E-state index contributed by atoms with van der Waals surface area (Å²) in [5.41, 5.74) is 5.80. The van der Waals surface area contributed by atoms with E-state index in [0.29, 0.717) is 5.69 Å². The maximum atomic E-state index is 13.4. The summed E-state index contributed by atoms with van der Waals surface area (Å²) in [6.45, 7) is 5.81. The Bertz CT molecular complexity index is 514. The van der Waals surface area contributed by atoms with E-state index >= 15 is 0 Å². The standard InChI is InChI=1S/C14H19FN2O2/c1-14(2)6-3-7-17(8-14)10-5-4-9(15)12(16)11(10)13(18)19/h4-5H,3,6-8,16H2,1-2H3,(H,18,19). The summed E-state index contributed by atoms with van der Waals surface area (Å²) < 4.78 is 13.4. The van der Waals surface area contributed by atoms with Crippen LogP contribution in [0, 0.1) is 11.2 Å². The smallest absolute Gasteiger partial charge is 0.340 e. The molecule has 0 saturated carbocycles. The second-order valence-corrected chi connectivity index (χ2v) is 5.85. The number of halogens is 1. The molecule has 3 N–H and O–H groups in total. The lowest BCUT2D eigenvalue weighted by Gasteiger charge is -2.40. The number of aromatic carboxylic acids is 1. The van der Waals surface area contributed by atoms with Gasteiger partial charge in [0.05, 0.1) is 11.4 Å². The molecule has 0 unspecified atom stereocenters. The summed E-state index contributed by atoms with van der Waals surface area (Å²) in [7, 11) is 0. The van der Waals surface area contributed by atoms with Gasteiger partial charge in [0.2, 0.25) is 0 Å². The van der Waals surface area contributed by atoms with Crippen LogP contribution in [0.3, 0.4) is 0 Å². The number of hydrogen-bond donors (Lipinski definition) is 2. The number of piperidine rings is 1. The van der Waals surface area contributed by atoms with E-state index in [1.165, 1.54) is 12.1 Å².